The van der Waals surface area contributed by atoms with E-state index in [4.69, 9.17) is 14.8 Å². The van der Waals surface area contributed by atoms with Gasteiger partial charge in [-0.2, -0.15) is 5.10 Å². The number of aromatic nitrogens is 1. The largest absolute Gasteiger partial charge is 0.507 e. The lowest BCUT2D eigenvalue weighted by Crippen LogP contribution is -2.25. The summed E-state index contributed by atoms with van der Waals surface area (Å²) < 4.78 is 7.30. The maximum Gasteiger partial charge on any atom is 0.262 e. The Balaban J connectivity index is 1.71. The first-order valence-corrected chi connectivity index (χ1v) is 12.0. The van der Waals surface area contributed by atoms with Crippen molar-refractivity contribution in [1.82, 2.24) is 4.68 Å². The van der Waals surface area contributed by atoms with Crippen LogP contribution in [0, 0.1) is 13.8 Å². The van der Waals surface area contributed by atoms with Gasteiger partial charge < -0.3 is 15.2 Å². The number of amides is 1. The maximum absolute atomic E-state index is 11.8. The van der Waals surface area contributed by atoms with Gasteiger partial charge in [-0.25, -0.2) is 9.67 Å². The molecule has 5 rings (SSSR count). The van der Waals surface area contributed by atoms with E-state index in [1.807, 2.05) is 74.7 Å². The molecule has 4 aromatic rings. The molecule has 7 nitrogen and oxygen atoms in total. The third-order valence-electron chi connectivity index (χ3n) is 5.78. The molecule has 0 bridgehead atoms. The second kappa shape index (κ2) is 9.23. The third-order valence-corrected chi connectivity index (χ3v) is 6.60. The van der Waals surface area contributed by atoms with E-state index in [-0.39, 0.29) is 18.3 Å². The summed E-state index contributed by atoms with van der Waals surface area (Å²) in [5.41, 5.74) is 6.59. The van der Waals surface area contributed by atoms with E-state index in [9.17, 15) is 9.90 Å². The van der Waals surface area contributed by atoms with Crippen LogP contribution in [-0.4, -0.2) is 28.0 Å². The molecular weight excluding hydrogens is 460 g/mol. The molecule has 1 amide bonds. The van der Waals surface area contributed by atoms with E-state index in [0.717, 1.165) is 28.1 Å². The Labute approximate surface area is 206 Å². The second-order valence-electron chi connectivity index (χ2n) is 8.32. The van der Waals surface area contributed by atoms with Gasteiger partial charge in [0.2, 0.25) is 4.80 Å². The molecule has 2 N–H and O–H groups in total. The highest BCUT2D eigenvalue weighted by Gasteiger charge is 2.18. The van der Waals surface area contributed by atoms with Crippen molar-refractivity contribution >= 4 is 34.3 Å². The first kappa shape index (κ1) is 22.6. The zero-order chi connectivity index (χ0) is 24.5. The number of hydrogen-bond acceptors (Lipinski definition) is 6. The molecule has 0 saturated carbocycles. The van der Waals surface area contributed by atoms with Gasteiger partial charge in [0.05, 0.1) is 22.8 Å². The van der Waals surface area contributed by atoms with E-state index in [1.165, 1.54) is 11.3 Å². The lowest BCUT2D eigenvalue weighted by Gasteiger charge is -2.18. The highest BCUT2D eigenvalue weighted by molar-refractivity contribution is 7.07. The molecule has 1 aliphatic heterocycles. The summed E-state index contributed by atoms with van der Waals surface area (Å²) in [7, 11) is 0. The highest BCUT2D eigenvalue weighted by Crippen LogP contribution is 2.33. The average Bonchev–Trinajstić information content (AvgIpc) is 3.23. The summed E-state index contributed by atoms with van der Waals surface area (Å²) in [5.74, 6) is 0.601. The number of para-hydroxylation sites is 2. The fraction of sp³-hybridized carbons (Fsp3) is 0.148. The van der Waals surface area contributed by atoms with Gasteiger partial charge in [0.1, 0.15) is 11.5 Å². The molecule has 176 valence electrons. The summed E-state index contributed by atoms with van der Waals surface area (Å²) in [5, 5.41) is 20.1. The van der Waals surface area contributed by atoms with Crippen molar-refractivity contribution in [1.29, 1.82) is 0 Å². The number of carbonyl (C=O) groups is 1. The Morgan fingerprint density at radius 2 is 1.86 bits per heavy atom. The molecule has 1 aliphatic rings. The van der Waals surface area contributed by atoms with Crippen LogP contribution >= 0.6 is 11.3 Å². The standard InChI is InChI=1S/C27H24N4O3S/c1-16-7-6-8-17(2)26(16)29-27-31(30-18(3)20-9-4-5-10-23(20)32)22(15-35-27)19-11-12-24-21(13-19)28-25(33)14-34-24/h4-13,15,32H,14H2,1-3H3,(H,28,33). The number of benzene rings is 3. The quantitative estimate of drug-likeness (QED) is 0.382. The minimum Gasteiger partial charge on any atom is -0.507 e. The molecule has 0 fully saturated rings. The van der Waals surface area contributed by atoms with Crippen LogP contribution in [0.2, 0.25) is 0 Å². The number of ether oxygens (including phenoxy) is 1. The zero-order valence-electron chi connectivity index (χ0n) is 19.6. The lowest BCUT2D eigenvalue weighted by molar-refractivity contribution is -0.118. The van der Waals surface area contributed by atoms with Crippen LogP contribution in [0.5, 0.6) is 11.5 Å². The zero-order valence-corrected chi connectivity index (χ0v) is 20.4. The first-order valence-electron chi connectivity index (χ1n) is 11.1. The van der Waals surface area contributed by atoms with Crippen LogP contribution in [0.15, 0.2) is 76.1 Å². The van der Waals surface area contributed by atoms with Gasteiger partial charge in [-0.3, -0.25) is 4.79 Å². The van der Waals surface area contributed by atoms with Gasteiger partial charge in [-0.1, -0.05) is 30.3 Å². The van der Waals surface area contributed by atoms with E-state index >= 15 is 0 Å². The summed E-state index contributed by atoms with van der Waals surface area (Å²) >= 11 is 1.47. The fourth-order valence-corrected chi connectivity index (χ4v) is 4.81. The fourth-order valence-electron chi connectivity index (χ4n) is 3.98. The number of nitrogens with zero attached hydrogens (tertiary/aromatic N) is 3. The van der Waals surface area contributed by atoms with Crippen LogP contribution in [0.1, 0.15) is 23.6 Å². The molecule has 2 heterocycles. The molecule has 0 atom stereocenters. The predicted octanol–water partition coefficient (Wildman–Crippen LogP) is 5.37. The Morgan fingerprint density at radius 1 is 1.09 bits per heavy atom. The summed E-state index contributed by atoms with van der Waals surface area (Å²) in [4.78, 5) is 17.5. The predicted molar refractivity (Wildman–Crippen MR) is 139 cm³/mol. The second-order valence-corrected chi connectivity index (χ2v) is 9.15. The number of phenols is 1. The maximum atomic E-state index is 11.8. The monoisotopic (exact) mass is 484 g/mol. The molecule has 3 aromatic carbocycles. The van der Waals surface area contributed by atoms with Crippen molar-refractivity contribution in [3.05, 3.63) is 87.5 Å². The van der Waals surface area contributed by atoms with Crippen LogP contribution in [0.3, 0.4) is 0 Å². The molecule has 8 heteroatoms. The molecule has 0 unspecified atom stereocenters. The smallest absolute Gasteiger partial charge is 0.262 e. The highest BCUT2D eigenvalue weighted by atomic mass is 32.1. The van der Waals surface area contributed by atoms with Gasteiger partial charge in [-0.05, 0) is 62.2 Å². The van der Waals surface area contributed by atoms with Crippen molar-refractivity contribution in [3.63, 3.8) is 0 Å². The Morgan fingerprint density at radius 3 is 2.63 bits per heavy atom. The Kier molecular flexibility index (Phi) is 5.96. The van der Waals surface area contributed by atoms with Crippen LogP contribution in [0.4, 0.5) is 11.4 Å². The van der Waals surface area contributed by atoms with E-state index in [0.29, 0.717) is 27.5 Å². The third kappa shape index (κ3) is 4.48. The van der Waals surface area contributed by atoms with Gasteiger partial charge in [-0.15, -0.1) is 11.3 Å². The molecule has 0 saturated heterocycles. The number of aromatic hydroxyl groups is 1. The minimum atomic E-state index is -0.188. The summed E-state index contributed by atoms with van der Waals surface area (Å²) in [6.07, 6.45) is 0. The molecule has 0 aliphatic carbocycles. The number of thiazole rings is 1. The number of nitrogens with one attached hydrogen (secondary N) is 1. The van der Waals surface area contributed by atoms with Crippen molar-refractivity contribution in [3.8, 4) is 22.8 Å². The number of aryl methyl sites for hydroxylation is 2. The normalized spacial score (nSPS) is 13.9. The molecule has 1 aromatic heterocycles. The average molecular weight is 485 g/mol. The van der Waals surface area contributed by atoms with E-state index in [2.05, 4.69) is 5.32 Å². The van der Waals surface area contributed by atoms with Crippen molar-refractivity contribution in [2.75, 3.05) is 11.9 Å². The van der Waals surface area contributed by atoms with Gasteiger partial charge in [0.25, 0.3) is 5.91 Å². The lowest BCUT2D eigenvalue weighted by atomic mass is 10.1. The number of fused-ring (bicyclic) bond motifs is 1. The van der Waals surface area contributed by atoms with Crippen LogP contribution in [-0.2, 0) is 4.79 Å². The number of anilines is 1. The summed E-state index contributed by atoms with van der Waals surface area (Å²) in [6.45, 7) is 5.93. The van der Waals surface area contributed by atoms with Crippen LogP contribution < -0.4 is 14.9 Å². The topological polar surface area (TPSA) is 88.2 Å². The van der Waals surface area contributed by atoms with Gasteiger partial charge in [0.15, 0.2) is 6.61 Å². The molecular formula is C27H24N4O3S. The van der Waals surface area contributed by atoms with Crippen molar-refractivity contribution in [2.24, 2.45) is 10.1 Å². The molecule has 0 radical (unpaired) electrons. The van der Waals surface area contributed by atoms with E-state index < -0.39 is 0 Å². The first-order chi connectivity index (χ1) is 16.9. The number of rotatable bonds is 4. The molecule has 35 heavy (non-hydrogen) atoms. The minimum absolute atomic E-state index is 0.00760. The van der Waals surface area contributed by atoms with Crippen molar-refractivity contribution in [2.45, 2.75) is 20.8 Å². The molecule has 0 spiro atoms. The Hall–Kier alpha value is -4.17. The van der Waals surface area contributed by atoms with Crippen LogP contribution in [0.25, 0.3) is 11.3 Å². The SMILES string of the molecule is CC(=Nn1c(-c2ccc3c(c2)NC(=O)CO3)csc1=Nc1c(C)cccc1C)c1ccccc1O. The number of phenolic OH excluding ortho intramolecular Hbond substituents is 1. The number of hydrogen-bond donors (Lipinski definition) is 2. The Bertz CT molecular complexity index is 1530. The van der Waals surface area contributed by atoms with Crippen molar-refractivity contribution < 1.29 is 14.6 Å². The van der Waals surface area contributed by atoms with Gasteiger partial charge >= 0.3 is 0 Å². The van der Waals surface area contributed by atoms with Gasteiger partial charge in [0, 0.05) is 16.5 Å². The van der Waals surface area contributed by atoms with E-state index in [1.54, 1.807) is 16.8 Å². The summed E-state index contributed by atoms with van der Waals surface area (Å²) in [6, 6.07) is 18.8. The number of carbonyl (C=O) groups excluding carboxylic acids is 1.